The van der Waals surface area contributed by atoms with Gasteiger partial charge in [-0.05, 0) is 24.1 Å². The van der Waals surface area contributed by atoms with E-state index in [1.807, 2.05) is 12.3 Å². The molecule has 1 N–H and O–H groups in total. The molecular formula is C15H20N2. The molecule has 2 nitrogen and oxygen atoms in total. The number of benzene rings is 1. The highest BCUT2D eigenvalue weighted by atomic mass is 14.9. The lowest BCUT2D eigenvalue weighted by atomic mass is 10.1. The van der Waals surface area contributed by atoms with Gasteiger partial charge in [0.1, 0.15) is 0 Å². The third-order valence-electron chi connectivity index (χ3n) is 3.22. The quantitative estimate of drug-likeness (QED) is 0.848. The zero-order valence-corrected chi connectivity index (χ0v) is 10.6. The van der Waals surface area contributed by atoms with Gasteiger partial charge in [-0.15, -0.1) is 0 Å². The van der Waals surface area contributed by atoms with Crippen molar-refractivity contribution in [1.82, 2.24) is 10.3 Å². The van der Waals surface area contributed by atoms with Gasteiger partial charge in [0.25, 0.3) is 0 Å². The van der Waals surface area contributed by atoms with E-state index in [1.54, 1.807) is 0 Å². The van der Waals surface area contributed by atoms with Gasteiger partial charge in [-0.2, -0.15) is 0 Å². The van der Waals surface area contributed by atoms with E-state index < -0.39 is 0 Å². The zero-order chi connectivity index (χ0) is 12.1. The van der Waals surface area contributed by atoms with Crippen molar-refractivity contribution in [1.29, 1.82) is 0 Å². The number of pyridine rings is 1. The number of hydrogen-bond donors (Lipinski definition) is 1. The Morgan fingerprint density at radius 2 is 2.06 bits per heavy atom. The molecule has 2 rings (SSSR count). The zero-order valence-electron chi connectivity index (χ0n) is 10.6. The number of para-hydroxylation sites is 1. The monoisotopic (exact) mass is 228 g/mol. The molecule has 0 radical (unpaired) electrons. The molecule has 0 bridgehead atoms. The van der Waals surface area contributed by atoms with Crippen molar-refractivity contribution in [3.63, 3.8) is 0 Å². The van der Waals surface area contributed by atoms with Crippen LogP contribution in [0.25, 0.3) is 10.9 Å². The van der Waals surface area contributed by atoms with Crippen LogP contribution >= 0.6 is 0 Å². The highest BCUT2D eigenvalue weighted by Crippen LogP contribution is 2.15. The lowest BCUT2D eigenvalue weighted by Crippen LogP contribution is -2.20. The van der Waals surface area contributed by atoms with E-state index in [0.29, 0.717) is 0 Å². The van der Waals surface area contributed by atoms with E-state index >= 15 is 0 Å². The van der Waals surface area contributed by atoms with Crippen molar-refractivity contribution in [2.75, 3.05) is 6.54 Å². The van der Waals surface area contributed by atoms with E-state index in [0.717, 1.165) is 24.5 Å². The van der Waals surface area contributed by atoms with Crippen molar-refractivity contribution in [2.45, 2.75) is 26.8 Å². The van der Waals surface area contributed by atoms with Gasteiger partial charge >= 0.3 is 0 Å². The Bertz CT molecular complexity index is 474. The first kappa shape index (κ1) is 12.1. The summed E-state index contributed by atoms with van der Waals surface area (Å²) in [6, 6.07) is 10.5. The minimum absolute atomic E-state index is 0.734. The van der Waals surface area contributed by atoms with Gasteiger partial charge in [-0.1, -0.05) is 44.5 Å². The molecule has 0 fully saturated rings. The largest absolute Gasteiger partial charge is 0.312 e. The molecule has 1 atom stereocenters. The van der Waals surface area contributed by atoms with Crippen LogP contribution in [0, 0.1) is 5.92 Å². The van der Waals surface area contributed by atoms with Gasteiger partial charge in [-0.25, -0.2) is 0 Å². The summed E-state index contributed by atoms with van der Waals surface area (Å²) in [5, 5.41) is 4.72. The molecule has 0 saturated carbocycles. The third-order valence-corrected chi connectivity index (χ3v) is 3.22. The molecule has 17 heavy (non-hydrogen) atoms. The van der Waals surface area contributed by atoms with Crippen LogP contribution < -0.4 is 5.32 Å². The summed E-state index contributed by atoms with van der Waals surface area (Å²) in [6.45, 7) is 6.47. The van der Waals surface area contributed by atoms with E-state index in [9.17, 15) is 0 Å². The van der Waals surface area contributed by atoms with Crippen LogP contribution in [-0.2, 0) is 6.54 Å². The average Bonchev–Trinajstić information content (AvgIpc) is 2.39. The van der Waals surface area contributed by atoms with Crippen molar-refractivity contribution in [3.8, 4) is 0 Å². The van der Waals surface area contributed by atoms with Gasteiger partial charge in [-0.3, -0.25) is 4.98 Å². The molecule has 90 valence electrons. The fraction of sp³-hybridized carbons (Fsp3) is 0.400. The van der Waals surface area contributed by atoms with Crippen molar-refractivity contribution in [2.24, 2.45) is 5.92 Å². The second-order valence-corrected chi connectivity index (χ2v) is 4.64. The van der Waals surface area contributed by atoms with Crippen molar-refractivity contribution >= 4 is 10.9 Å². The smallest absolute Gasteiger partial charge is 0.0746 e. The highest BCUT2D eigenvalue weighted by Gasteiger charge is 2.02. The Labute approximate surface area is 103 Å². The Morgan fingerprint density at radius 1 is 1.24 bits per heavy atom. The second-order valence-electron chi connectivity index (χ2n) is 4.64. The Hall–Kier alpha value is -1.41. The minimum Gasteiger partial charge on any atom is -0.312 e. The number of aromatic nitrogens is 1. The van der Waals surface area contributed by atoms with Crippen LogP contribution in [0.3, 0.4) is 0 Å². The SMILES string of the molecule is CCC(C)CNCc1cccc2cccnc12. The summed E-state index contributed by atoms with van der Waals surface area (Å²) < 4.78 is 0. The number of fused-ring (bicyclic) bond motifs is 1. The van der Waals surface area contributed by atoms with E-state index in [1.165, 1.54) is 17.4 Å². The van der Waals surface area contributed by atoms with Gasteiger partial charge < -0.3 is 5.32 Å². The number of rotatable bonds is 5. The fourth-order valence-corrected chi connectivity index (χ4v) is 1.91. The third kappa shape index (κ3) is 3.04. The molecule has 2 aromatic rings. The molecule has 0 saturated heterocycles. The lowest BCUT2D eigenvalue weighted by Gasteiger charge is -2.11. The molecule has 2 heteroatoms. The van der Waals surface area contributed by atoms with Crippen LogP contribution in [0.4, 0.5) is 0 Å². The van der Waals surface area contributed by atoms with Gasteiger partial charge in [0.2, 0.25) is 0 Å². The minimum atomic E-state index is 0.734. The number of hydrogen-bond acceptors (Lipinski definition) is 2. The second kappa shape index (κ2) is 5.78. The van der Waals surface area contributed by atoms with Crippen LogP contribution in [0.2, 0.25) is 0 Å². The van der Waals surface area contributed by atoms with Crippen LogP contribution in [0.15, 0.2) is 36.5 Å². The van der Waals surface area contributed by atoms with Gasteiger partial charge in [0.15, 0.2) is 0 Å². The molecule has 1 aromatic carbocycles. The summed E-state index contributed by atoms with van der Waals surface area (Å²) in [5.74, 6) is 0.734. The van der Waals surface area contributed by atoms with Crippen LogP contribution in [-0.4, -0.2) is 11.5 Å². The summed E-state index contributed by atoms with van der Waals surface area (Å²) >= 11 is 0. The maximum atomic E-state index is 4.46. The first-order valence-electron chi connectivity index (χ1n) is 6.34. The Morgan fingerprint density at radius 3 is 2.88 bits per heavy atom. The van der Waals surface area contributed by atoms with Gasteiger partial charge in [0.05, 0.1) is 5.52 Å². The summed E-state index contributed by atoms with van der Waals surface area (Å²) in [6.07, 6.45) is 3.08. The predicted octanol–water partition coefficient (Wildman–Crippen LogP) is 3.37. The average molecular weight is 228 g/mol. The molecule has 1 aromatic heterocycles. The normalized spacial score (nSPS) is 12.8. The molecule has 0 amide bonds. The number of nitrogens with zero attached hydrogens (tertiary/aromatic N) is 1. The van der Waals surface area contributed by atoms with Crippen molar-refractivity contribution in [3.05, 3.63) is 42.1 Å². The molecule has 0 spiro atoms. The van der Waals surface area contributed by atoms with Gasteiger partial charge in [0, 0.05) is 18.1 Å². The molecule has 0 aliphatic carbocycles. The molecule has 1 unspecified atom stereocenters. The Kier molecular flexibility index (Phi) is 4.10. The highest BCUT2D eigenvalue weighted by molar-refractivity contribution is 5.81. The maximum absolute atomic E-state index is 4.46. The standard InChI is InChI=1S/C15H20N2/c1-3-12(2)10-16-11-14-7-4-6-13-8-5-9-17-15(13)14/h4-9,12,16H,3,10-11H2,1-2H3. The predicted molar refractivity (Wildman–Crippen MR) is 72.9 cm³/mol. The topological polar surface area (TPSA) is 24.9 Å². The van der Waals surface area contributed by atoms with E-state index in [4.69, 9.17) is 0 Å². The first-order valence-corrected chi connectivity index (χ1v) is 6.34. The fourth-order valence-electron chi connectivity index (χ4n) is 1.91. The first-order chi connectivity index (χ1) is 8.31. The maximum Gasteiger partial charge on any atom is 0.0746 e. The molecule has 0 aliphatic rings. The molecular weight excluding hydrogens is 208 g/mol. The molecule has 0 aliphatic heterocycles. The van der Waals surface area contributed by atoms with E-state index in [-0.39, 0.29) is 0 Å². The summed E-state index contributed by atoms with van der Waals surface area (Å²) in [7, 11) is 0. The number of nitrogens with one attached hydrogen (secondary N) is 1. The summed E-state index contributed by atoms with van der Waals surface area (Å²) in [5.41, 5.74) is 2.40. The van der Waals surface area contributed by atoms with Crippen LogP contribution in [0.5, 0.6) is 0 Å². The Balaban J connectivity index is 2.08. The van der Waals surface area contributed by atoms with E-state index in [2.05, 4.69) is 48.4 Å². The summed E-state index contributed by atoms with van der Waals surface area (Å²) in [4.78, 5) is 4.46. The van der Waals surface area contributed by atoms with Crippen molar-refractivity contribution < 1.29 is 0 Å². The molecule has 1 heterocycles. The lowest BCUT2D eigenvalue weighted by molar-refractivity contribution is 0.500. The van der Waals surface area contributed by atoms with Crippen LogP contribution in [0.1, 0.15) is 25.8 Å².